The average Bonchev–Trinajstić information content (AvgIpc) is 2.62. The Kier molecular flexibility index (Phi) is 5.58. The fourth-order valence-corrected chi connectivity index (χ4v) is 3.00. The summed E-state index contributed by atoms with van der Waals surface area (Å²) in [5.41, 5.74) is 1.84. The second kappa shape index (κ2) is 7.90. The molecule has 0 aliphatic rings. The number of pyridine rings is 2. The van der Waals surface area contributed by atoms with Crippen LogP contribution in [0.25, 0.3) is 16.7 Å². The van der Waals surface area contributed by atoms with Crippen LogP contribution in [-0.4, -0.2) is 41.1 Å². The summed E-state index contributed by atoms with van der Waals surface area (Å²) < 4.78 is 6.72. The normalized spacial score (nSPS) is 11.1. The highest BCUT2D eigenvalue weighted by Gasteiger charge is 2.18. The van der Waals surface area contributed by atoms with Crippen LogP contribution in [-0.2, 0) is 11.3 Å². The topological polar surface area (TPSA) is 64.4 Å². The van der Waals surface area contributed by atoms with E-state index in [4.69, 9.17) is 16.3 Å². The van der Waals surface area contributed by atoms with Gasteiger partial charge < -0.3 is 14.2 Å². The van der Waals surface area contributed by atoms with E-state index in [-0.39, 0.29) is 17.3 Å². The van der Waals surface area contributed by atoms with Gasteiger partial charge in [0.1, 0.15) is 16.4 Å². The summed E-state index contributed by atoms with van der Waals surface area (Å²) in [6.45, 7) is 2.69. The van der Waals surface area contributed by atoms with Crippen LogP contribution in [0, 0.1) is 0 Å². The summed E-state index contributed by atoms with van der Waals surface area (Å²) in [6.07, 6.45) is 1.47. The first-order valence-electron chi connectivity index (χ1n) is 8.53. The molecule has 7 heteroatoms. The maximum Gasteiger partial charge on any atom is 0.343 e. The van der Waals surface area contributed by atoms with Crippen LogP contribution < -0.4 is 5.43 Å². The third-order valence-electron chi connectivity index (χ3n) is 4.03. The number of benzene rings is 1. The van der Waals surface area contributed by atoms with Gasteiger partial charge >= 0.3 is 5.97 Å². The second-order valence-corrected chi connectivity index (χ2v) is 6.76. The van der Waals surface area contributed by atoms with Gasteiger partial charge in [0.05, 0.1) is 12.0 Å². The first-order chi connectivity index (χ1) is 12.9. The Morgan fingerprint density at radius 1 is 1.19 bits per heavy atom. The number of rotatable bonds is 5. The first kappa shape index (κ1) is 19.1. The van der Waals surface area contributed by atoms with Gasteiger partial charge in [-0.15, -0.1) is 0 Å². The molecule has 6 nitrogen and oxygen atoms in total. The van der Waals surface area contributed by atoms with E-state index < -0.39 is 11.4 Å². The van der Waals surface area contributed by atoms with E-state index in [1.165, 1.54) is 12.3 Å². The van der Waals surface area contributed by atoms with Gasteiger partial charge in [-0.05, 0) is 50.8 Å². The highest BCUT2D eigenvalue weighted by molar-refractivity contribution is 6.29. The molecule has 0 aliphatic carbocycles. The minimum atomic E-state index is -0.655. The molecule has 140 valence electrons. The summed E-state index contributed by atoms with van der Waals surface area (Å²) in [4.78, 5) is 31.3. The molecule has 27 heavy (non-hydrogen) atoms. The van der Waals surface area contributed by atoms with E-state index in [0.29, 0.717) is 11.0 Å². The van der Waals surface area contributed by atoms with Crippen molar-refractivity contribution in [2.24, 2.45) is 0 Å². The van der Waals surface area contributed by atoms with Gasteiger partial charge in [-0.1, -0.05) is 23.7 Å². The van der Waals surface area contributed by atoms with Crippen molar-refractivity contribution in [1.82, 2.24) is 14.5 Å². The van der Waals surface area contributed by atoms with E-state index in [1.54, 1.807) is 17.6 Å². The molecular weight excluding hydrogens is 366 g/mol. The molecule has 3 aromatic rings. The monoisotopic (exact) mass is 385 g/mol. The molecule has 0 saturated heterocycles. The molecular formula is C20H20ClN3O3. The van der Waals surface area contributed by atoms with E-state index in [0.717, 1.165) is 17.8 Å². The summed E-state index contributed by atoms with van der Waals surface area (Å²) >= 11 is 6.04. The van der Waals surface area contributed by atoms with Gasteiger partial charge in [0.25, 0.3) is 0 Å². The number of carbonyl (C=O) groups is 1. The number of hydrogen-bond acceptors (Lipinski definition) is 5. The van der Waals surface area contributed by atoms with Crippen molar-refractivity contribution < 1.29 is 9.53 Å². The Balaban J connectivity index is 2.21. The number of carbonyl (C=O) groups excluding carboxylic acids is 1. The summed E-state index contributed by atoms with van der Waals surface area (Å²) in [7, 11) is 4.00. The first-order valence-corrected chi connectivity index (χ1v) is 8.91. The standard InChI is InChI=1S/C20H20ClN3O3/c1-4-27-20(26)16-12-24(14-7-5-13(6-8-14)11-23(2)3)19-15(18(16)25)9-10-17(21)22-19/h5-10,12H,4,11H2,1-3H3. The van der Waals surface area contributed by atoms with Crippen molar-refractivity contribution in [2.45, 2.75) is 13.5 Å². The fourth-order valence-electron chi connectivity index (χ4n) is 2.86. The molecule has 2 heterocycles. The van der Waals surface area contributed by atoms with Crippen molar-refractivity contribution in [1.29, 1.82) is 0 Å². The highest BCUT2D eigenvalue weighted by atomic mass is 35.5. The van der Waals surface area contributed by atoms with E-state index in [1.807, 2.05) is 38.4 Å². The van der Waals surface area contributed by atoms with Crippen LogP contribution in [0.4, 0.5) is 0 Å². The van der Waals surface area contributed by atoms with Crippen LogP contribution in [0.2, 0.25) is 5.15 Å². The van der Waals surface area contributed by atoms with E-state index >= 15 is 0 Å². The minimum Gasteiger partial charge on any atom is -0.462 e. The van der Waals surface area contributed by atoms with E-state index in [2.05, 4.69) is 9.88 Å². The van der Waals surface area contributed by atoms with Crippen LogP contribution in [0.5, 0.6) is 0 Å². The lowest BCUT2D eigenvalue weighted by atomic mass is 10.1. The fraction of sp³-hybridized carbons (Fsp3) is 0.250. The Bertz CT molecular complexity index is 1040. The van der Waals surface area contributed by atoms with Gasteiger partial charge in [0.15, 0.2) is 0 Å². The minimum absolute atomic E-state index is 0.0363. The molecule has 0 N–H and O–H groups in total. The second-order valence-electron chi connectivity index (χ2n) is 6.37. The molecule has 0 amide bonds. The quantitative estimate of drug-likeness (QED) is 0.498. The van der Waals surface area contributed by atoms with Gasteiger partial charge in [-0.25, -0.2) is 9.78 Å². The smallest absolute Gasteiger partial charge is 0.343 e. The van der Waals surface area contributed by atoms with Crippen LogP contribution in [0.1, 0.15) is 22.8 Å². The average molecular weight is 386 g/mol. The molecule has 0 saturated carbocycles. The van der Waals surface area contributed by atoms with Crippen molar-refractivity contribution in [3.8, 4) is 5.69 Å². The predicted octanol–water partition coefficient (Wildman–Crippen LogP) is 3.28. The van der Waals surface area contributed by atoms with Crippen molar-refractivity contribution >= 4 is 28.6 Å². The maximum absolute atomic E-state index is 12.7. The lowest BCUT2D eigenvalue weighted by Crippen LogP contribution is -2.21. The van der Waals surface area contributed by atoms with Crippen molar-refractivity contribution in [2.75, 3.05) is 20.7 Å². The molecule has 0 fully saturated rings. The predicted molar refractivity (Wildman–Crippen MR) is 106 cm³/mol. The van der Waals surface area contributed by atoms with Crippen molar-refractivity contribution in [3.63, 3.8) is 0 Å². The molecule has 0 spiro atoms. The SMILES string of the molecule is CCOC(=O)c1cn(-c2ccc(CN(C)C)cc2)c2nc(Cl)ccc2c1=O. The molecule has 1 aromatic carbocycles. The molecule has 3 rings (SSSR count). The number of aromatic nitrogens is 2. The lowest BCUT2D eigenvalue weighted by Gasteiger charge is -2.14. The largest absolute Gasteiger partial charge is 0.462 e. The third kappa shape index (κ3) is 4.02. The van der Waals surface area contributed by atoms with Gasteiger partial charge in [-0.3, -0.25) is 4.79 Å². The molecule has 0 radical (unpaired) electrons. The number of fused-ring (bicyclic) bond motifs is 1. The Morgan fingerprint density at radius 2 is 1.89 bits per heavy atom. The van der Waals surface area contributed by atoms with Crippen LogP contribution in [0.15, 0.2) is 47.4 Å². The lowest BCUT2D eigenvalue weighted by molar-refractivity contribution is 0.0524. The summed E-state index contributed by atoms with van der Waals surface area (Å²) in [5, 5.41) is 0.575. The Morgan fingerprint density at radius 3 is 2.52 bits per heavy atom. The van der Waals surface area contributed by atoms with Crippen molar-refractivity contribution in [3.05, 3.63) is 69.1 Å². The zero-order valence-corrected chi connectivity index (χ0v) is 16.2. The molecule has 0 unspecified atom stereocenters. The van der Waals surface area contributed by atoms with Gasteiger partial charge in [0, 0.05) is 18.4 Å². The Labute approximate surface area is 162 Å². The summed E-state index contributed by atoms with van der Waals surface area (Å²) in [5.74, 6) is -0.655. The summed E-state index contributed by atoms with van der Waals surface area (Å²) in [6, 6.07) is 10.9. The number of nitrogens with zero attached hydrogens (tertiary/aromatic N) is 3. The molecule has 2 aromatic heterocycles. The molecule has 0 bridgehead atoms. The van der Waals surface area contributed by atoms with Gasteiger partial charge in [0.2, 0.25) is 5.43 Å². The third-order valence-corrected chi connectivity index (χ3v) is 4.24. The maximum atomic E-state index is 12.7. The van der Waals surface area contributed by atoms with E-state index in [9.17, 15) is 9.59 Å². The number of hydrogen-bond donors (Lipinski definition) is 0. The highest BCUT2D eigenvalue weighted by Crippen LogP contribution is 2.19. The van der Waals surface area contributed by atoms with Crippen LogP contribution >= 0.6 is 11.6 Å². The number of ether oxygens (including phenoxy) is 1. The number of esters is 1. The molecule has 0 atom stereocenters. The molecule has 0 aliphatic heterocycles. The van der Waals surface area contributed by atoms with Gasteiger partial charge in [-0.2, -0.15) is 0 Å². The zero-order chi connectivity index (χ0) is 19.6. The van der Waals surface area contributed by atoms with Crippen LogP contribution in [0.3, 0.4) is 0 Å². The number of halogens is 1. The zero-order valence-electron chi connectivity index (χ0n) is 15.4. The Hall–Kier alpha value is -2.70.